The van der Waals surface area contributed by atoms with Crippen LogP contribution in [0.15, 0.2) is 17.5 Å². The van der Waals surface area contributed by atoms with Gasteiger partial charge in [-0.25, -0.2) is 0 Å². The number of halogens is 1. The number of carbonyl (C=O) groups is 1. The topological polar surface area (TPSA) is 50.2 Å². The van der Waals surface area contributed by atoms with Gasteiger partial charge in [0.05, 0.1) is 29.5 Å². The quantitative estimate of drug-likeness (QED) is 0.868. The molecular formula is C16H21ClN4OS. The lowest BCUT2D eigenvalue weighted by molar-refractivity contribution is 0.0954. The van der Waals surface area contributed by atoms with Crippen molar-refractivity contribution in [3.05, 3.63) is 38.8 Å². The Hall–Kier alpha value is -1.37. The highest BCUT2D eigenvalue weighted by atomic mass is 35.5. The molecule has 0 unspecified atom stereocenters. The highest BCUT2D eigenvalue weighted by Crippen LogP contribution is 2.21. The summed E-state index contributed by atoms with van der Waals surface area (Å²) < 4.78 is 2.06. The van der Waals surface area contributed by atoms with Crippen molar-refractivity contribution in [3.63, 3.8) is 0 Å². The molecular weight excluding hydrogens is 332 g/mol. The first-order chi connectivity index (χ1) is 11.2. The Bertz CT molecular complexity index is 681. The van der Waals surface area contributed by atoms with Crippen LogP contribution in [0.2, 0.25) is 5.02 Å². The molecule has 2 aromatic rings. The SMILES string of the molecule is CCCCN1CCn2nc(CNC(=O)c3sccc3Cl)cc2C1. The molecule has 0 atom stereocenters. The molecule has 1 aliphatic rings. The molecule has 1 N–H and O–H groups in total. The first-order valence-corrected chi connectivity index (χ1v) is 9.22. The Morgan fingerprint density at radius 2 is 2.35 bits per heavy atom. The highest BCUT2D eigenvalue weighted by Gasteiger charge is 2.18. The summed E-state index contributed by atoms with van der Waals surface area (Å²) in [6, 6.07) is 3.83. The molecule has 0 spiro atoms. The summed E-state index contributed by atoms with van der Waals surface area (Å²) in [5.41, 5.74) is 2.13. The zero-order valence-electron chi connectivity index (χ0n) is 13.2. The van der Waals surface area contributed by atoms with E-state index in [-0.39, 0.29) is 5.91 Å². The van der Waals surface area contributed by atoms with Gasteiger partial charge in [-0.3, -0.25) is 14.4 Å². The van der Waals surface area contributed by atoms with Gasteiger partial charge in [0.2, 0.25) is 0 Å². The van der Waals surface area contributed by atoms with Gasteiger partial charge in [-0.2, -0.15) is 5.10 Å². The predicted octanol–water partition coefficient (Wildman–Crippen LogP) is 3.14. The summed E-state index contributed by atoms with van der Waals surface area (Å²) in [6.45, 7) is 6.70. The van der Waals surface area contributed by atoms with Crippen LogP contribution in [0, 0.1) is 0 Å². The van der Waals surface area contributed by atoms with Gasteiger partial charge < -0.3 is 5.32 Å². The van der Waals surface area contributed by atoms with E-state index in [1.807, 2.05) is 5.38 Å². The van der Waals surface area contributed by atoms with E-state index in [1.54, 1.807) is 6.07 Å². The maximum absolute atomic E-state index is 12.1. The van der Waals surface area contributed by atoms with Gasteiger partial charge in [-0.05, 0) is 30.5 Å². The second kappa shape index (κ2) is 7.47. The van der Waals surface area contributed by atoms with Gasteiger partial charge in [0.15, 0.2) is 0 Å². The number of carbonyl (C=O) groups excluding carboxylic acids is 1. The molecule has 5 nitrogen and oxygen atoms in total. The van der Waals surface area contributed by atoms with Crippen molar-refractivity contribution in [1.29, 1.82) is 0 Å². The van der Waals surface area contributed by atoms with E-state index >= 15 is 0 Å². The number of fused-ring (bicyclic) bond motifs is 1. The normalized spacial score (nSPS) is 14.7. The minimum atomic E-state index is -0.138. The molecule has 2 aromatic heterocycles. The smallest absolute Gasteiger partial charge is 0.263 e. The fraction of sp³-hybridized carbons (Fsp3) is 0.500. The Kier molecular flexibility index (Phi) is 5.35. The van der Waals surface area contributed by atoms with Crippen molar-refractivity contribution in [2.24, 2.45) is 0 Å². The number of amides is 1. The minimum Gasteiger partial charge on any atom is -0.346 e. The number of rotatable bonds is 6. The van der Waals surface area contributed by atoms with Crippen LogP contribution in [0.5, 0.6) is 0 Å². The van der Waals surface area contributed by atoms with Crippen molar-refractivity contribution >= 4 is 28.8 Å². The second-order valence-electron chi connectivity index (χ2n) is 5.76. The third-order valence-electron chi connectivity index (χ3n) is 4.01. The molecule has 3 rings (SSSR count). The van der Waals surface area contributed by atoms with Crippen LogP contribution in [0.4, 0.5) is 0 Å². The summed E-state index contributed by atoms with van der Waals surface area (Å²) in [5.74, 6) is -0.138. The zero-order valence-corrected chi connectivity index (χ0v) is 14.8. The van der Waals surface area contributed by atoms with Crippen LogP contribution in [0.1, 0.15) is 40.8 Å². The van der Waals surface area contributed by atoms with Crippen LogP contribution in [-0.2, 0) is 19.6 Å². The molecule has 0 radical (unpaired) electrons. The standard InChI is InChI=1S/C16H21ClN4OS/c1-2-3-5-20-6-7-21-13(11-20)9-12(19-21)10-18-16(22)15-14(17)4-8-23-15/h4,8-9H,2-3,5-7,10-11H2,1H3,(H,18,22). The van der Waals surface area contributed by atoms with E-state index in [9.17, 15) is 4.79 Å². The fourth-order valence-corrected chi connectivity index (χ4v) is 3.80. The van der Waals surface area contributed by atoms with Gasteiger partial charge in [-0.15, -0.1) is 11.3 Å². The van der Waals surface area contributed by atoms with Gasteiger partial charge in [-0.1, -0.05) is 24.9 Å². The summed E-state index contributed by atoms with van der Waals surface area (Å²) in [4.78, 5) is 15.1. The molecule has 7 heteroatoms. The summed E-state index contributed by atoms with van der Waals surface area (Å²) in [5, 5.41) is 9.80. The Labute approximate surface area is 145 Å². The monoisotopic (exact) mass is 352 g/mol. The Balaban J connectivity index is 1.57. The average molecular weight is 353 g/mol. The molecule has 0 aliphatic carbocycles. The molecule has 0 saturated heterocycles. The van der Waals surface area contributed by atoms with Crippen molar-refractivity contribution in [2.75, 3.05) is 13.1 Å². The van der Waals surface area contributed by atoms with Crippen molar-refractivity contribution in [2.45, 2.75) is 39.4 Å². The Morgan fingerprint density at radius 1 is 1.48 bits per heavy atom. The molecule has 1 aliphatic heterocycles. The lowest BCUT2D eigenvalue weighted by Gasteiger charge is -2.27. The molecule has 124 valence electrons. The molecule has 0 fully saturated rings. The first kappa shape index (κ1) is 16.5. The number of hydrogen-bond acceptors (Lipinski definition) is 4. The number of thiophene rings is 1. The molecule has 0 saturated carbocycles. The van der Waals surface area contributed by atoms with Crippen LogP contribution in [0.3, 0.4) is 0 Å². The van der Waals surface area contributed by atoms with Gasteiger partial charge in [0, 0.05) is 13.1 Å². The first-order valence-electron chi connectivity index (χ1n) is 7.96. The molecule has 0 bridgehead atoms. The van der Waals surface area contributed by atoms with Gasteiger partial charge in [0.1, 0.15) is 4.88 Å². The highest BCUT2D eigenvalue weighted by molar-refractivity contribution is 7.12. The van der Waals surface area contributed by atoms with E-state index < -0.39 is 0 Å². The van der Waals surface area contributed by atoms with E-state index in [0.717, 1.165) is 31.9 Å². The largest absolute Gasteiger partial charge is 0.346 e. The van der Waals surface area contributed by atoms with Crippen LogP contribution in [-0.4, -0.2) is 33.7 Å². The molecule has 1 amide bonds. The number of nitrogens with one attached hydrogen (secondary N) is 1. The predicted molar refractivity (Wildman–Crippen MR) is 92.9 cm³/mol. The maximum atomic E-state index is 12.1. The third kappa shape index (κ3) is 3.94. The molecule has 23 heavy (non-hydrogen) atoms. The van der Waals surface area contributed by atoms with E-state index in [4.69, 9.17) is 11.6 Å². The van der Waals surface area contributed by atoms with Gasteiger partial charge in [0.25, 0.3) is 5.91 Å². The van der Waals surface area contributed by atoms with Crippen LogP contribution in [0.25, 0.3) is 0 Å². The number of aromatic nitrogens is 2. The van der Waals surface area contributed by atoms with E-state index in [0.29, 0.717) is 16.4 Å². The summed E-state index contributed by atoms with van der Waals surface area (Å²) >= 11 is 7.33. The van der Waals surface area contributed by atoms with E-state index in [2.05, 4.69) is 33.0 Å². The Morgan fingerprint density at radius 3 is 3.09 bits per heavy atom. The average Bonchev–Trinajstić information content (AvgIpc) is 3.15. The summed E-state index contributed by atoms with van der Waals surface area (Å²) in [7, 11) is 0. The third-order valence-corrected chi connectivity index (χ3v) is 5.35. The second-order valence-corrected chi connectivity index (χ2v) is 7.08. The van der Waals surface area contributed by atoms with Crippen molar-refractivity contribution < 1.29 is 4.79 Å². The zero-order chi connectivity index (χ0) is 16.2. The lowest BCUT2D eigenvalue weighted by Crippen LogP contribution is -2.34. The number of nitrogens with zero attached hydrogens (tertiary/aromatic N) is 3. The summed E-state index contributed by atoms with van der Waals surface area (Å²) in [6.07, 6.45) is 2.46. The number of hydrogen-bond donors (Lipinski definition) is 1. The lowest BCUT2D eigenvalue weighted by atomic mass is 10.2. The number of unbranched alkanes of at least 4 members (excludes halogenated alkanes) is 1. The minimum absolute atomic E-state index is 0.138. The van der Waals surface area contributed by atoms with Gasteiger partial charge >= 0.3 is 0 Å². The maximum Gasteiger partial charge on any atom is 0.263 e. The molecule has 3 heterocycles. The van der Waals surface area contributed by atoms with Crippen molar-refractivity contribution in [3.8, 4) is 0 Å². The van der Waals surface area contributed by atoms with Crippen LogP contribution >= 0.6 is 22.9 Å². The fourth-order valence-electron chi connectivity index (χ4n) is 2.75. The van der Waals surface area contributed by atoms with E-state index in [1.165, 1.54) is 29.9 Å². The molecule has 0 aromatic carbocycles. The van der Waals surface area contributed by atoms with Crippen LogP contribution < -0.4 is 5.32 Å². The van der Waals surface area contributed by atoms with Crippen molar-refractivity contribution in [1.82, 2.24) is 20.0 Å².